The molecule has 106 valence electrons. The number of aromatic nitrogens is 1. The smallest absolute Gasteiger partial charge is 0.272 e. The number of rotatable bonds is 4. The van der Waals surface area contributed by atoms with Crippen LogP contribution < -0.4 is 5.32 Å². The van der Waals surface area contributed by atoms with E-state index in [4.69, 9.17) is 11.6 Å². The van der Waals surface area contributed by atoms with E-state index in [1.54, 1.807) is 24.3 Å². The zero-order valence-electron chi connectivity index (χ0n) is 10.1. The molecule has 2 aromatic rings. The maximum absolute atomic E-state index is 12.4. The van der Waals surface area contributed by atoms with Crippen LogP contribution in [0, 0.1) is 0 Å². The van der Waals surface area contributed by atoms with Gasteiger partial charge in [0.15, 0.2) is 0 Å². The first-order valence-corrected chi connectivity index (χ1v) is 6.84. The lowest BCUT2D eigenvalue weighted by molar-refractivity contribution is 0.0997. The van der Waals surface area contributed by atoms with Crippen LogP contribution in [0.3, 0.4) is 0 Å². The van der Waals surface area contributed by atoms with E-state index in [-0.39, 0.29) is 5.69 Å². The first-order valence-electron chi connectivity index (χ1n) is 5.67. The van der Waals surface area contributed by atoms with Gasteiger partial charge in [0, 0.05) is 15.7 Å². The molecule has 1 heterocycles. The Bertz CT molecular complexity index is 631. The van der Waals surface area contributed by atoms with Crippen LogP contribution in [0.1, 0.15) is 10.5 Å². The quantitative estimate of drug-likeness (QED) is 0.857. The van der Waals surface area contributed by atoms with E-state index in [1.807, 2.05) is 0 Å². The number of anilines is 1. The number of carbonyl (C=O) groups is 1. The fraction of sp³-hybridized carbons (Fsp3) is 0.154. The van der Waals surface area contributed by atoms with Gasteiger partial charge in [-0.25, -0.2) is 8.78 Å². The van der Waals surface area contributed by atoms with Gasteiger partial charge in [0.05, 0.1) is 12.2 Å². The molecule has 0 aliphatic carbocycles. The van der Waals surface area contributed by atoms with Gasteiger partial charge in [0.2, 0.25) is 0 Å². The maximum Gasteiger partial charge on any atom is 0.272 e. The third kappa shape index (κ3) is 3.58. The second-order valence-corrected chi connectivity index (χ2v) is 5.31. The van der Waals surface area contributed by atoms with Gasteiger partial charge in [-0.2, -0.15) is 0 Å². The highest BCUT2D eigenvalue weighted by molar-refractivity contribution is 9.10. The lowest BCUT2D eigenvalue weighted by Gasteiger charge is -2.10. The Balaban J connectivity index is 2.20. The van der Waals surface area contributed by atoms with Gasteiger partial charge in [-0.1, -0.05) is 11.6 Å². The molecular weight excluding hydrogens is 354 g/mol. The molecule has 0 aliphatic rings. The van der Waals surface area contributed by atoms with E-state index >= 15 is 0 Å². The van der Waals surface area contributed by atoms with Gasteiger partial charge in [-0.05, 0) is 46.3 Å². The Labute approximate surface area is 127 Å². The molecule has 1 N–H and O–H groups in total. The van der Waals surface area contributed by atoms with Crippen molar-refractivity contribution in [1.29, 1.82) is 0 Å². The van der Waals surface area contributed by atoms with Crippen LogP contribution >= 0.6 is 27.5 Å². The van der Waals surface area contributed by atoms with Crippen molar-refractivity contribution in [1.82, 2.24) is 4.57 Å². The fourth-order valence-electron chi connectivity index (χ4n) is 1.71. The average Bonchev–Trinajstić information content (AvgIpc) is 2.81. The zero-order chi connectivity index (χ0) is 14.7. The summed E-state index contributed by atoms with van der Waals surface area (Å²) in [6, 6.07) is 7.96. The summed E-state index contributed by atoms with van der Waals surface area (Å²) in [7, 11) is 0. The van der Waals surface area contributed by atoms with Gasteiger partial charge in [-0.3, -0.25) is 4.79 Å². The summed E-state index contributed by atoms with van der Waals surface area (Å²) < 4.78 is 26.7. The molecule has 0 fully saturated rings. The summed E-state index contributed by atoms with van der Waals surface area (Å²) in [5, 5.41) is 3.10. The van der Waals surface area contributed by atoms with E-state index in [1.165, 1.54) is 16.8 Å². The molecule has 0 radical (unpaired) electrons. The number of halogens is 4. The predicted molar refractivity (Wildman–Crippen MR) is 77.5 cm³/mol. The largest absolute Gasteiger partial charge is 0.338 e. The monoisotopic (exact) mass is 362 g/mol. The number of carbonyl (C=O) groups excluding carboxylic acids is 1. The van der Waals surface area contributed by atoms with Gasteiger partial charge in [0.1, 0.15) is 5.69 Å². The second-order valence-electron chi connectivity index (χ2n) is 4.02. The first kappa shape index (κ1) is 15.0. The van der Waals surface area contributed by atoms with E-state index in [2.05, 4.69) is 21.2 Å². The number of benzene rings is 1. The fourth-order valence-corrected chi connectivity index (χ4v) is 2.23. The lowest BCUT2D eigenvalue weighted by Crippen LogP contribution is -2.19. The van der Waals surface area contributed by atoms with Crippen LogP contribution in [0.2, 0.25) is 5.02 Å². The topological polar surface area (TPSA) is 34.0 Å². The van der Waals surface area contributed by atoms with Gasteiger partial charge in [0.25, 0.3) is 12.3 Å². The van der Waals surface area contributed by atoms with Crippen molar-refractivity contribution >= 4 is 39.1 Å². The van der Waals surface area contributed by atoms with Crippen molar-refractivity contribution in [3.8, 4) is 0 Å². The highest BCUT2D eigenvalue weighted by atomic mass is 79.9. The number of nitrogens with zero attached hydrogens (tertiary/aromatic N) is 1. The summed E-state index contributed by atoms with van der Waals surface area (Å²) in [4.78, 5) is 12.1. The Morgan fingerprint density at radius 2 is 2.15 bits per heavy atom. The SMILES string of the molecule is O=C(Nc1cc(Cl)ccc1Br)c1cccn1CC(F)F. The highest BCUT2D eigenvalue weighted by Crippen LogP contribution is 2.26. The Kier molecular flexibility index (Phi) is 4.77. The molecular formula is C13H10BrClF2N2O. The van der Waals surface area contributed by atoms with Crippen molar-refractivity contribution in [3.05, 3.63) is 51.7 Å². The molecule has 1 amide bonds. The van der Waals surface area contributed by atoms with E-state index in [9.17, 15) is 13.6 Å². The standard InChI is InChI=1S/C13H10BrClF2N2O/c14-9-4-3-8(15)6-10(9)18-13(20)11-2-1-5-19(11)7-12(16)17/h1-6,12H,7H2,(H,18,20). The summed E-state index contributed by atoms with van der Waals surface area (Å²) in [6.45, 7) is -0.521. The van der Waals surface area contributed by atoms with Gasteiger partial charge in [-0.15, -0.1) is 0 Å². The van der Waals surface area contributed by atoms with E-state index in [0.717, 1.165) is 0 Å². The van der Waals surface area contributed by atoms with Crippen LogP contribution in [0.25, 0.3) is 0 Å². The molecule has 0 spiro atoms. The summed E-state index contributed by atoms with van der Waals surface area (Å²) >= 11 is 9.13. The zero-order valence-corrected chi connectivity index (χ0v) is 12.5. The normalized spacial score (nSPS) is 10.8. The molecule has 0 aliphatic heterocycles. The minimum atomic E-state index is -2.52. The van der Waals surface area contributed by atoms with Crippen molar-refractivity contribution in [2.75, 3.05) is 5.32 Å². The third-order valence-electron chi connectivity index (χ3n) is 2.57. The molecule has 0 atom stereocenters. The van der Waals surface area contributed by atoms with Crippen LogP contribution in [0.4, 0.5) is 14.5 Å². The number of alkyl halides is 2. The van der Waals surface area contributed by atoms with Crippen LogP contribution in [-0.4, -0.2) is 16.9 Å². The molecule has 1 aromatic carbocycles. The molecule has 0 saturated heterocycles. The van der Waals surface area contributed by atoms with Gasteiger partial charge >= 0.3 is 0 Å². The summed E-state index contributed by atoms with van der Waals surface area (Å²) in [5.74, 6) is -0.474. The molecule has 0 saturated carbocycles. The minimum absolute atomic E-state index is 0.164. The van der Waals surface area contributed by atoms with Crippen molar-refractivity contribution < 1.29 is 13.6 Å². The lowest BCUT2D eigenvalue weighted by atomic mass is 10.3. The molecule has 3 nitrogen and oxygen atoms in total. The van der Waals surface area contributed by atoms with Gasteiger partial charge < -0.3 is 9.88 Å². The molecule has 20 heavy (non-hydrogen) atoms. The Morgan fingerprint density at radius 3 is 2.85 bits per heavy atom. The summed E-state index contributed by atoms with van der Waals surface area (Å²) in [6.07, 6.45) is -1.08. The van der Waals surface area contributed by atoms with Crippen molar-refractivity contribution in [2.45, 2.75) is 13.0 Å². The number of hydrogen-bond acceptors (Lipinski definition) is 1. The third-order valence-corrected chi connectivity index (χ3v) is 3.50. The molecule has 1 aromatic heterocycles. The van der Waals surface area contributed by atoms with Crippen LogP contribution in [-0.2, 0) is 6.54 Å². The van der Waals surface area contributed by atoms with Crippen LogP contribution in [0.5, 0.6) is 0 Å². The Morgan fingerprint density at radius 1 is 1.40 bits per heavy atom. The minimum Gasteiger partial charge on any atom is -0.338 e. The maximum atomic E-state index is 12.4. The highest BCUT2D eigenvalue weighted by Gasteiger charge is 2.15. The van der Waals surface area contributed by atoms with E-state index < -0.39 is 18.9 Å². The van der Waals surface area contributed by atoms with Crippen molar-refractivity contribution in [3.63, 3.8) is 0 Å². The van der Waals surface area contributed by atoms with Crippen molar-refractivity contribution in [2.24, 2.45) is 0 Å². The molecule has 7 heteroatoms. The molecule has 0 bridgehead atoms. The summed E-state index contributed by atoms with van der Waals surface area (Å²) in [5.41, 5.74) is 0.643. The number of nitrogens with one attached hydrogen (secondary N) is 1. The van der Waals surface area contributed by atoms with E-state index in [0.29, 0.717) is 15.2 Å². The van der Waals surface area contributed by atoms with Crippen LogP contribution in [0.15, 0.2) is 41.0 Å². The number of amides is 1. The second kappa shape index (κ2) is 6.37. The molecule has 2 rings (SSSR count). The number of hydrogen-bond donors (Lipinski definition) is 1. The first-order chi connectivity index (χ1) is 9.47. The molecule has 0 unspecified atom stereocenters. The average molecular weight is 364 g/mol. The predicted octanol–water partition coefficient (Wildman–Crippen LogP) is 4.42. The Hall–Kier alpha value is -1.40.